The number of amides is 1. The predicted octanol–water partition coefficient (Wildman–Crippen LogP) is 4.61. The first-order chi connectivity index (χ1) is 14.5. The van der Waals surface area contributed by atoms with Gasteiger partial charge in [0.05, 0.1) is 29.4 Å². The normalized spacial score (nSPS) is 10.8. The molecule has 1 N–H and O–H groups in total. The summed E-state index contributed by atoms with van der Waals surface area (Å²) in [7, 11) is 1.50. The van der Waals surface area contributed by atoms with Gasteiger partial charge in [0.2, 0.25) is 0 Å². The Balaban J connectivity index is 1.74. The number of para-hydroxylation sites is 1. The van der Waals surface area contributed by atoms with E-state index in [4.69, 9.17) is 16.3 Å². The molecule has 0 spiro atoms. The fourth-order valence-corrected chi connectivity index (χ4v) is 3.48. The van der Waals surface area contributed by atoms with Crippen molar-refractivity contribution in [2.45, 2.75) is 6.92 Å². The van der Waals surface area contributed by atoms with E-state index >= 15 is 0 Å². The fourth-order valence-electron chi connectivity index (χ4n) is 3.29. The minimum Gasteiger partial charge on any atom is -0.494 e. The maximum Gasteiger partial charge on any atom is 0.265 e. The predicted molar refractivity (Wildman–Crippen MR) is 118 cm³/mol. The van der Waals surface area contributed by atoms with Crippen molar-refractivity contribution in [2.75, 3.05) is 12.4 Å². The Morgan fingerprint density at radius 1 is 1.07 bits per heavy atom. The van der Waals surface area contributed by atoms with Crippen LogP contribution in [-0.2, 0) is 0 Å². The molecule has 0 saturated carbocycles. The second-order valence-corrected chi connectivity index (χ2v) is 7.10. The molecule has 0 atom stereocenters. The molecule has 6 nitrogen and oxygen atoms in total. The molecule has 4 aromatic rings. The maximum absolute atomic E-state index is 13.0. The Morgan fingerprint density at radius 3 is 2.63 bits per heavy atom. The van der Waals surface area contributed by atoms with E-state index in [2.05, 4.69) is 10.3 Å². The molecule has 3 aromatic carbocycles. The highest BCUT2D eigenvalue weighted by atomic mass is 35.5. The molecule has 30 heavy (non-hydrogen) atoms. The van der Waals surface area contributed by atoms with E-state index < -0.39 is 0 Å². The molecule has 7 heteroatoms. The van der Waals surface area contributed by atoms with Gasteiger partial charge in [0.15, 0.2) is 0 Å². The lowest BCUT2D eigenvalue weighted by Gasteiger charge is -2.15. The number of fused-ring (bicyclic) bond motifs is 1. The van der Waals surface area contributed by atoms with Gasteiger partial charge >= 0.3 is 0 Å². The van der Waals surface area contributed by atoms with Crippen LogP contribution in [0.3, 0.4) is 0 Å². The number of rotatable bonds is 4. The van der Waals surface area contributed by atoms with Gasteiger partial charge in [-0.15, -0.1) is 0 Å². The third-order valence-electron chi connectivity index (χ3n) is 4.72. The first kappa shape index (κ1) is 19.7. The zero-order valence-corrected chi connectivity index (χ0v) is 17.1. The van der Waals surface area contributed by atoms with Crippen LogP contribution in [0.15, 0.2) is 71.5 Å². The summed E-state index contributed by atoms with van der Waals surface area (Å²) in [6.45, 7) is 1.77. The number of methoxy groups -OCH3 is 1. The van der Waals surface area contributed by atoms with E-state index in [1.54, 1.807) is 61.5 Å². The highest BCUT2D eigenvalue weighted by molar-refractivity contribution is 6.31. The van der Waals surface area contributed by atoms with Gasteiger partial charge in [-0.3, -0.25) is 14.2 Å². The number of carbonyl (C=O) groups excluding carboxylic acids is 1. The van der Waals surface area contributed by atoms with Crippen molar-refractivity contribution in [1.82, 2.24) is 9.55 Å². The molecular weight excluding hydrogens is 402 g/mol. The van der Waals surface area contributed by atoms with Gasteiger partial charge < -0.3 is 10.1 Å². The molecule has 0 radical (unpaired) electrons. The molecular formula is C23H18ClN3O3. The third-order valence-corrected chi connectivity index (χ3v) is 4.96. The van der Waals surface area contributed by atoms with Crippen molar-refractivity contribution in [1.29, 1.82) is 0 Å². The van der Waals surface area contributed by atoms with Crippen molar-refractivity contribution in [3.05, 3.63) is 93.5 Å². The van der Waals surface area contributed by atoms with Crippen molar-refractivity contribution in [2.24, 2.45) is 0 Å². The smallest absolute Gasteiger partial charge is 0.265 e. The zero-order valence-electron chi connectivity index (χ0n) is 16.3. The van der Waals surface area contributed by atoms with Gasteiger partial charge in [0.1, 0.15) is 11.6 Å². The quantitative estimate of drug-likeness (QED) is 0.524. The topological polar surface area (TPSA) is 73.2 Å². The lowest BCUT2D eigenvalue weighted by atomic mass is 10.2. The van der Waals surface area contributed by atoms with Crippen LogP contribution in [0.25, 0.3) is 16.6 Å². The molecule has 0 fully saturated rings. The Bertz CT molecular complexity index is 1330. The standard InChI is InChI=1S/C23H18ClN3O3/c1-14-25-19-9-4-3-8-18(19)23(29)27(14)17-10-11-20(21(13-17)30-2)26-22(28)15-6-5-7-16(24)12-15/h3-13H,1-2H3,(H,26,28). The third kappa shape index (κ3) is 3.65. The molecule has 1 aromatic heterocycles. The minimum atomic E-state index is -0.315. The number of hydrogen-bond acceptors (Lipinski definition) is 4. The van der Waals surface area contributed by atoms with E-state index in [-0.39, 0.29) is 11.5 Å². The lowest BCUT2D eigenvalue weighted by molar-refractivity contribution is 0.102. The van der Waals surface area contributed by atoms with Gasteiger partial charge in [-0.05, 0) is 49.4 Å². The average molecular weight is 420 g/mol. The molecule has 0 saturated heterocycles. The summed E-state index contributed by atoms with van der Waals surface area (Å²) in [5.74, 6) is 0.656. The number of nitrogens with zero attached hydrogens (tertiary/aromatic N) is 2. The summed E-state index contributed by atoms with van der Waals surface area (Å²) in [6.07, 6.45) is 0. The number of anilines is 1. The molecule has 0 aliphatic heterocycles. The highest BCUT2D eigenvalue weighted by Crippen LogP contribution is 2.28. The van der Waals surface area contributed by atoms with Gasteiger partial charge in [0, 0.05) is 16.7 Å². The number of nitrogens with one attached hydrogen (secondary N) is 1. The summed E-state index contributed by atoms with van der Waals surface area (Å²) >= 11 is 5.97. The van der Waals surface area contributed by atoms with Crippen LogP contribution in [0, 0.1) is 6.92 Å². The van der Waals surface area contributed by atoms with Crippen molar-refractivity contribution >= 4 is 34.1 Å². The van der Waals surface area contributed by atoms with Crippen molar-refractivity contribution in [3.8, 4) is 11.4 Å². The molecule has 0 unspecified atom stereocenters. The molecule has 0 aliphatic carbocycles. The summed E-state index contributed by atoms with van der Waals surface area (Å²) in [6, 6.07) is 19.0. The molecule has 0 bridgehead atoms. The summed E-state index contributed by atoms with van der Waals surface area (Å²) in [5.41, 5.74) is 1.97. The second-order valence-electron chi connectivity index (χ2n) is 6.67. The van der Waals surface area contributed by atoms with E-state index in [0.717, 1.165) is 0 Å². The van der Waals surface area contributed by atoms with Crippen LogP contribution in [0.2, 0.25) is 5.02 Å². The summed E-state index contributed by atoms with van der Waals surface area (Å²) in [5, 5.41) is 3.82. The van der Waals surface area contributed by atoms with E-state index in [0.29, 0.717) is 44.4 Å². The van der Waals surface area contributed by atoms with E-state index in [1.807, 2.05) is 12.1 Å². The number of aromatic nitrogens is 2. The first-order valence-corrected chi connectivity index (χ1v) is 9.59. The van der Waals surface area contributed by atoms with Gasteiger partial charge in [0.25, 0.3) is 11.5 Å². The SMILES string of the molecule is COc1cc(-n2c(C)nc3ccccc3c2=O)ccc1NC(=O)c1cccc(Cl)c1. The summed E-state index contributed by atoms with van der Waals surface area (Å²) in [4.78, 5) is 30.1. The van der Waals surface area contributed by atoms with Crippen LogP contribution in [0.5, 0.6) is 5.75 Å². The average Bonchev–Trinajstić information content (AvgIpc) is 2.74. The Morgan fingerprint density at radius 2 is 1.87 bits per heavy atom. The number of hydrogen-bond donors (Lipinski definition) is 1. The Kier molecular flexibility index (Phi) is 5.25. The minimum absolute atomic E-state index is 0.170. The highest BCUT2D eigenvalue weighted by Gasteiger charge is 2.14. The first-order valence-electron chi connectivity index (χ1n) is 9.21. The zero-order chi connectivity index (χ0) is 21.3. The van der Waals surface area contributed by atoms with Gasteiger partial charge in [-0.25, -0.2) is 4.98 Å². The molecule has 150 valence electrons. The Labute approximate surface area is 177 Å². The maximum atomic E-state index is 13.0. The van der Waals surface area contributed by atoms with Crippen molar-refractivity contribution < 1.29 is 9.53 Å². The van der Waals surface area contributed by atoms with Gasteiger partial charge in [-0.1, -0.05) is 29.8 Å². The number of benzene rings is 3. The molecule has 4 rings (SSSR count). The fraction of sp³-hybridized carbons (Fsp3) is 0.0870. The lowest BCUT2D eigenvalue weighted by Crippen LogP contribution is -2.22. The molecule has 0 aliphatic rings. The van der Waals surface area contributed by atoms with Crippen LogP contribution in [0.4, 0.5) is 5.69 Å². The monoisotopic (exact) mass is 419 g/mol. The van der Waals surface area contributed by atoms with E-state index in [1.165, 1.54) is 11.7 Å². The van der Waals surface area contributed by atoms with E-state index in [9.17, 15) is 9.59 Å². The van der Waals surface area contributed by atoms with Crippen LogP contribution in [-0.4, -0.2) is 22.6 Å². The number of carbonyl (C=O) groups is 1. The number of halogens is 1. The van der Waals surface area contributed by atoms with Crippen LogP contribution >= 0.6 is 11.6 Å². The number of aryl methyl sites for hydroxylation is 1. The van der Waals surface area contributed by atoms with Gasteiger partial charge in [-0.2, -0.15) is 0 Å². The van der Waals surface area contributed by atoms with Crippen LogP contribution in [0.1, 0.15) is 16.2 Å². The second kappa shape index (κ2) is 8.00. The van der Waals surface area contributed by atoms with Crippen LogP contribution < -0.4 is 15.6 Å². The molecule has 1 heterocycles. The summed E-state index contributed by atoms with van der Waals surface area (Å²) < 4.78 is 6.98. The van der Waals surface area contributed by atoms with Crippen molar-refractivity contribution in [3.63, 3.8) is 0 Å². The Hall–Kier alpha value is -3.64. The largest absolute Gasteiger partial charge is 0.494 e. The number of ether oxygens (including phenoxy) is 1. The molecule has 1 amide bonds.